The summed E-state index contributed by atoms with van der Waals surface area (Å²) in [4.78, 5) is 16.9. The van der Waals surface area contributed by atoms with Crippen LogP contribution in [0.1, 0.15) is 17.5 Å². The first-order chi connectivity index (χ1) is 12.7. The number of carbonyl (C=O) groups is 1. The fourth-order valence-electron chi connectivity index (χ4n) is 3.16. The number of nitrogens with one attached hydrogen (secondary N) is 1. The maximum atomic E-state index is 12.1. The molecule has 26 heavy (non-hydrogen) atoms. The van der Waals surface area contributed by atoms with Crippen LogP contribution in [0, 0.1) is 11.3 Å². The first-order valence-corrected chi connectivity index (χ1v) is 9.01. The van der Waals surface area contributed by atoms with Gasteiger partial charge in [0.1, 0.15) is 0 Å². The number of nitriles is 1. The number of nitrogens with zero attached hydrogens (tertiary/aromatic N) is 3. The number of hydrogen-bond donors (Lipinski definition) is 1. The lowest BCUT2D eigenvalue weighted by atomic mass is 10.2. The second-order valence-corrected chi connectivity index (χ2v) is 6.59. The molecule has 1 aliphatic rings. The van der Waals surface area contributed by atoms with Gasteiger partial charge in [0.15, 0.2) is 0 Å². The van der Waals surface area contributed by atoms with Gasteiger partial charge < -0.3 is 10.2 Å². The summed E-state index contributed by atoms with van der Waals surface area (Å²) >= 11 is 0. The van der Waals surface area contributed by atoms with Gasteiger partial charge in [-0.05, 0) is 23.8 Å². The summed E-state index contributed by atoms with van der Waals surface area (Å²) in [5.41, 5.74) is 2.58. The minimum absolute atomic E-state index is 0.00759. The molecule has 0 spiro atoms. The lowest BCUT2D eigenvalue weighted by Crippen LogP contribution is -2.46. The number of hydrogen-bond acceptors (Lipinski definition) is 4. The van der Waals surface area contributed by atoms with Gasteiger partial charge in [0.2, 0.25) is 5.91 Å². The summed E-state index contributed by atoms with van der Waals surface area (Å²) in [7, 11) is 0. The Labute approximate surface area is 154 Å². The van der Waals surface area contributed by atoms with Crippen molar-refractivity contribution in [3.05, 3.63) is 65.7 Å². The summed E-state index contributed by atoms with van der Waals surface area (Å²) in [5, 5.41) is 11.8. The van der Waals surface area contributed by atoms with Gasteiger partial charge in [-0.3, -0.25) is 9.69 Å². The quantitative estimate of drug-likeness (QED) is 0.872. The number of piperazine rings is 1. The molecule has 5 heteroatoms. The predicted molar refractivity (Wildman–Crippen MR) is 103 cm³/mol. The zero-order chi connectivity index (χ0) is 18.2. The third-order valence-electron chi connectivity index (χ3n) is 4.64. The van der Waals surface area contributed by atoms with E-state index in [0.29, 0.717) is 17.7 Å². The van der Waals surface area contributed by atoms with Gasteiger partial charge in [-0.25, -0.2) is 0 Å². The van der Waals surface area contributed by atoms with E-state index in [2.05, 4.69) is 45.5 Å². The number of rotatable bonds is 6. The van der Waals surface area contributed by atoms with Gasteiger partial charge in [-0.15, -0.1) is 0 Å². The van der Waals surface area contributed by atoms with Crippen molar-refractivity contribution >= 4 is 11.6 Å². The van der Waals surface area contributed by atoms with Crippen molar-refractivity contribution < 1.29 is 4.79 Å². The van der Waals surface area contributed by atoms with Crippen molar-refractivity contribution in [3.63, 3.8) is 0 Å². The third-order valence-corrected chi connectivity index (χ3v) is 4.64. The molecule has 134 valence electrons. The Bertz CT molecular complexity index is 761. The van der Waals surface area contributed by atoms with Crippen molar-refractivity contribution in [2.24, 2.45) is 0 Å². The zero-order valence-electron chi connectivity index (χ0n) is 14.9. The molecule has 0 bridgehead atoms. The molecule has 2 aromatic rings. The Balaban J connectivity index is 1.38. The molecular formula is C21H24N4O. The van der Waals surface area contributed by atoms with Crippen molar-refractivity contribution in [1.82, 2.24) is 9.80 Å². The fourth-order valence-corrected chi connectivity index (χ4v) is 3.16. The SMILES string of the molecule is N#Cc1cccc(NC(=O)CCN2CCN(Cc3ccccc3)CC2)c1. The van der Waals surface area contributed by atoms with Gasteiger partial charge >= 0.3 is 0 Å². The molecule has 1 fully saturated rings. The highest BCUT2D eigenvalue weighted by atomic mass is 16.1. The number of amides is 1. The summed E-state index contributed by atoms with van der Waals surface area (Å²) in [6.45, 7) is 5.79. The molecule has 0 aliphatic carbocycles. The Kier molecular flexibility index (Phi) is 6.37. The second-order valence-electron chi connectivity index (χ2n) is 6.59. The van der Waals surface area contributed by atoms with E-state index in [1.165, 1.54) is 5.56 Å². The van der Waals surface area contributed by atoms with Gasteiger partial charge in [0, 0.05) is 51.4 Å². The highest BCUT2D eigenvalue weighted by Crippen LogP contribution is 2.11. The van der Waals surface area contributed by atoms with Crippen LogP contribution in [0.4, 0.5) is 5.69 Å². The van der Waals surface area contributed by atoms with Gasteiger partial charge in [0.05, 0.1) is 11.6 Å². The fraction of sp³-hybridized carbons (Fsp3) is 0.333. The molecule has 1 amide bonds. The molecule has 1 aliphatic heterocycles. The van der Waals surface area contributed by atoms with Crippen LogP contribution in [-0.2, 0) is 11.3 Å². The van der Waals surface area contributed by atoms with E-state index in [9.17, 15) is 4.79 Å². The molecule has 1 saturated heterocycles. The van der Waals surface area contributed by atoms with Crippen molar-refractivity contribution in [1.29, 1.82) is 5.26 Å². The number of carbonyl (C=O) groups excluding carboxylic acids is 1. The van der Waals surface area contributed by atoms with Crippen LogP contribution in [-0.4, -0.2) is 48.4 Å². The Hall–Kier alpha value is -2.68. The summed E-state index contributed by atoms with van der Waals surface area (Å²) in [5.74, 6) is -0.00759. The van der Waals surface area contributed by atoms with Gasteiger partial charge in [-0.1, -0.05) is 36.4 Å². The highest BCUT2D eigenvalue weighted by molar-refractivity contribution is 5.90. The maximum absolute atomic E-state index is 12.1. The predicted octanol–water partition coefficient (Wildman–Crippen LogP) is 2.70. The Morgan fingerprint density at radius 2 is 1.73 bits per heavy atom. The lowest BCUT2D eigenvalue weighted by molar-refractivity contribution is -0.116. The highest BCUT2D eigenvalue weighted by Gasteiger charge is 2.17. The van der Waals surface area contributed by atoms with E-state index in [1.807, 2.05) is 6.07 Å². The normalized spacial score (nSPS) is 15.3. The van der Waals surface area contributed by atoms with Crippen LogP contribution in [0.3, 0.4) is 0 Å². The average molecular weight is 348 g/mol. The van der Waals surface area contributed by atoms with Crippen LogP contribution >= 0.6 is 0 Å². The topological polar surface area (TPSA) is 59.4 Å². The lowest BCUT2D eigenvalue weighted by Gasteiger charge is -2.34. The van der Waals surface area contributed by atoms with E-state index in [-0.39, 0.29) is 5.91 Å². The molecule has 1 N–H and O–H groups in total. The molecular weight excluding hydrogens is 324 g/mol. The Morgan fingerprint density at radius 3 is 2.46 bits per heavy atom. The molecule has 1 heterocycles. The summed E-state index contributed by atoms with van der Waals surface area (Å²) in [6, 6.07) is 19.6. The summed E-state index contributed by atoms with van der Waals surface area (Å²) < 4.78 is 0. The van der Waals surface area contributed by atoms with Crippen LogP contribution in [0.2, 0.25) is 0 Å². The first kappa shape index (κ1) is 18.1. The van der Waals surface area contributed by atoms with E-state index in [4.69, 9.17) is 5.26 Å². The van der Waals surface area contributed by atoms with Crippen LogP contribution < -0.4 is 5.32 Å². The molecule has 3 rings (SSSR count). The standard InChI is InChI=1S/C21H24N4O/c22-16-19-7-4-8-20(15-19)23-21(26)9-10-24-11-13-25(14-12-24)17-18-5-2-1-3-6-18/h1-8,15H,9-14,17H2,(H,23,26). The van der Waals surface area contributed by atoms with Crippen molar-refractivity contribution in [2.75, 3.05) is 38.0 Å². The van der Waals surface area contributed by atoms with Crippen LogP contribution in [0.25, 0.3) is 0 Å². The zero-order valence-corrected chi connectivity index (χ0v) is 14.9. The number of benzene rings is 2. The van der Waals surface area contributed by atoms with E-state index < -0.39 is 0 Å². The van der Waals surface area contributed by atoms with Crippen LogP contribution in [0.15, 0.2) is 54.6 Å². The molecule has 5 nitrogen and oxygen atoms in total. The van der Waals surface area contributed by atoms with Crippen LogP contribution in [0.5, 0.6) is 0 Å². The smallest absolute Gasteiger partial charge is 0.225 e. The number of anilines is 1. The minimum atomic E-state index is -0.00759. The largest absolute Gasteiger partial charge is 0.326 e. The van der Waals surface area contributed by atoms with Gasteiger partial charge in [-0.2, -0.15) is 5.26 Å². The monoisotopic (exact) mass is 348 g/mol. The maximum Gasteiger partial charge on any atom is 0.225 e. The van der Waals surface area contributed by atoms with Crippen molar-refractivity contribution in [3.8, 4) is 6.07 Å². The molecule has 2 aromatic carbocycles. The summed E-state index contributed by atoms with van der Waals surface area (Å²) in [6.07, 6.45) is 0.468. The molecule has 0 radical (unpaired) electrons. The molecule has 0 unspecified atom stereocenters. The first-order valence-electron chi connectivity index (χ1n) is 9.01. The van der Waals surface area contributed by atoms with E-state index in [0.717, 1.165) is 39.3 Å². The van der Waals surface area contributed by atoms with E-state index in [1.54, 1.807) is 24.3 Å². The average Bonchev–Trinajstić information content (AvgIpc) is 2.68. The van der Waals surface area contributed by atoms with Crippen molar-refractivity contribution in [2.45, 2.75) is 13.0 Å². The second kappa shape index (κ2) is 9.14. The molecule has 0 aromatic heterocycles. The molecule has 0 saturated carbocycles. The van der Waals surface area contributed by atoms with E-state index >= 15 is 0 Å². The Morgan fingerprint density at radius 1 is 1.00 bits per heavy atom. The minimum Gasteiger partial charge on any atom is -0.326 e. The van der Waals surface area contributed by atoms with Gasteiger partial charge in [0.25, 0.3) is 0 Å². The third kappa shape index (κ3) is 5.41. The molecule has 0 atom stereocenters.